The van der Waals surface area contributed by atoms with E-state index in [0.29, 0.717) is 5.92 Å². The second kappa shape index (κ2) is 6.88. The van der Waals surface area contributed by atoms with Crippen molar-refractivity contribution >= 4 is 5.65 Å². The van der Waals surface area contributed by atoms with E-state index in [9.17, 15) is 0 Å². The summed E-state index contributed by atoms with van der Waals surface area (Å²) < 4.78 is 2.26. The summed E-state index contributed by atoms with van der Waals surface area (Å²) in [5.41, 5.74) is 5.49. The number of hydrogen-bond donors (Lipinski definition) is 0. The monoisotopic (exact) mass is 347 g/mol. The van der Waals surface area contributed by atoms with E-state index in [1.165, 1.54) is 29.7 Å². The number of piperidine rings is 1. The average Bonchev–Trinajstić information content (AvgIpc) is 3.06. The SMILES string of the molecule is CC(C)(C)c1ccc(CN2CCC(c3cnc4ccccn34)CC2)cc1. The highest BCUT2D eigenvalue weighted by atomic mass is 15.1. The van der Waals surface area contributed by atoms with Crippen molar-refractivity contribution in [3.63, 3.8) is 0 Å². The third kappa shape index (κ3) is 3.54. The van der Waals surface area contributed by atoms with Crippen LogP contribution in [0.1, 0.15) is 56.4 Å². The minimum absolute atomic E-state index is 0.227. The summed E-state index contributed by atoms with van der Waals surface area (Å²) in [6.07, 6.45) is 6.63. The van der Waals surface area contributed by atoms with Crippen LogP contribution in [0, 0.1) is 0 Å². The van der Waals surface area contributed by atoms with Gasteiger partial charge in [-0.2, -0.15) is 0 Å². The van der Waals surface area contributed by atoms with Gasteiger partial charge in [0.05, 0.1) is 0 Å². The molecule has 1 aliphatic rings. The fourth-order valence-electron chi connectivity index (χ4n) is 4.01. The quantitative estimate of drug-likeness (QED) is 0.664. The van der Waals surface area contributed by atoms with Gasteiger partial charge in [0.25, 0.3) is 0 Å². The standard InChI is InChI=1S/C23H29N3/c1-23(2,3)20-9-7-18(8-10-20)17-25-14-11-19(12-15-25)21-16-24-22-6-4-5-13-26(21)22/h4-10,13,16,19H,11-12,14-15,17H2,1-3H3. The molecule has 3 heteroatoms. The number of aromatic nitrogens is 2. The molecule has 0 amide bonds. The van der Waals surface area contributed by atoms with Gasteiger partial charge < -0.3 is 4.40 Å². The van der Waals surface area contributed by atoms with Gasteiger partial charge in [0.15, 0.2) is 0 Å². The number of benzene rings is 1. The Balaban J connectivity index is 1.38. The highest BCUT2D eigenvalue weighted by Gasteiger charge is 2.23. The molecule has 0 saturated carbocycles. The van der Waals surface area contributed by atoms with Crippen LogP contribution in [0.2, 0.25) is 0 Å². The molecule has 3 nitrogen and oxygen atoms in total. The highest BCUT2D eigenvalue weighted by Crippen LogP contribution is 2.29. The zero-order chi connectivity index (χ0) is 18.1. The van der Waals surface area contributed by atoms with E-state index in [2.05, 4.69) is 89.9 Å². The summed E-state index contributed by atoms with van der Waals surface area (Å²) in [5, 5.41) is 0. The third-order valence-corrected chi connectivity index (χ3v) is 5.68. The van der Waals surface area contributed by atoms with Crippen molar-refractivity contribution in [2.45, 2.75) is 51.5 Å². The van der Waals surface area contributed by atoms with Crippen LogP contribution in [0.3, 0.4) is 0 Å². The Morgan fingerprint density at radius 1 is 1.00 bits per heavy atom. The van der Waals surface area contributed by atoms with E-state index in [-0.39, 0.29) is 5.41 Å². The maximum absolute atomic E-state index is 4.56. The number of rotatable bonds is 3. The van der Waals surface area contributed by atoms with Crippen LogP contribution in [0.25, 0.3) is 5.65 Å². The van der Waals surface area contributed by atoms with Crippen molar-refractivity contribution in [3.8, 4) is 0 Å². The Hall–Kier alpha value is -2.13. The second-order valence-corrected chi connectivity index (χ2v) is 8.61. The fourth-order valence-corrected chi connectivity index (χ4v) is 4.01. The van der Waals surface area contributed by atoms with Gasteiger partial charge in [-0.3, -0.25) is 4.90 Å². The van der Waals surface area contributed by atoms with Gasteiger partial charge in [-0.1, -0.05) is 51.1 Å². The van der Waals surface area contributed by atoms with Gasteiger partial charge >= 0.3 is 0 Å². The number of imidazole rings is 1. The minimum atomic E-state index is 0.227. The molecule has 0 bridgehead atoms. The van der Waals surface area contributed by atoms with Crippen molar-refractivity contribution in [3.05, 3.63) is 71.7 Å². The lowest BCUT2D eigenvalue weighted by Crippen LogP contribution is -2.32. The lowest BCUT2D eigenvalue weighted by atomic mass is 9.86. The molecule has 26 heavy (non-hydrogen) atoms. The van der Waals surface area contributed by atoms with Gasteiger partial charge in [-0.15, -0.1) is 0 Å². The molecular weight excluding hydrogens is 318 g/mol. The lowest BCUT2D eigenvalue weighted by Gasteiger charge is -2.32. The zero-order valence-corrected chi connectivity index (χ0v) is 16.2. The molecule has 0 unspecified atom stereocenters. The van der Waals surface area contributed by atoms with Crippen molar-refractivity contribution in [1.29, 1.82) is 0 Å². The van der Waals surface area contributed by atoms with Crippen molar-refractivity contribution in [2.75, 3.05) is 13.1 Å². The number of nitrogens with zero attached hydrogens (tertiary/aromatic N) is 3. The average molecular weight is 348 g/mol. The molecule has 2 aromatic heterocycles. The van der Waals surface area contributed by atoms with Crippen LogP contribution in [0.5, 0.6) is 0 Å². The Bertz CT molecular complexity index is 862. The normalized spacial score (nSPS) is 17.0. The topological polar surface area (TPSA) is 20.5 Å². The molecule has 1 aliphatic heterocycles. The van der Waals surface area contributed by atoms with E-state index >= 15 is 0 Å². The Kier molecular flexibility index (Phi) is 4.58. The summed E-state index contributed by atoms with van der Waals surface area (Å²) in [4.78, 5) is 7.15. The maximum atomic E-state index is 4.56. The molecule has 0 radical (unpaired) electrons. The van der Waals surface area contributed by atoms with Gasteiger partial charge in [0.1, 0.15) is 5.65 Å². The number of fused-ring (bicyclic) bond motifs is 1. The molecule has 4 rings (SSSR count). The molecule has 3 heterocycles. The van der Waals surface area contributed by atoms with Crippen LogP contribution in [0.4, 0.5) is 0 Å². The van der Waals surface area contributed by atoms with Crippen LogP contribution >= 0.6 is 0 Å². The van der Waals surface area contributed by atoms with Crippen LogP contribution in [-0.2, 0) is 12.0 Å². The summed E-state index contributed by atoms with van der Waals surface area (Å²) in [5.74, 6) is 0.618. The highest BCUT2D eigenvalue weighted by molar-refractivity contribution is 5.40. The third-order valence-electron chi connectivity index (χ3n) is 5.68. The Labute approximate surface area is 156 Å². The largest absolute Gasteiger partial charge is 0.304 e. The van der Waals surface area contributed by atoms with Crippen LogP contribution in [-0.4, -0.2) is 27.4 Å². The van der Waals surface area contributed by atoms with Gasteiger partial charge in [-0.25, -0.2) is 4.98 Å². The molecule has 0 atom stereocenters. The van der Waals surface area contributed by atoms with Crippen molar-refractivity contribution in [2.24, 2.45) is 0 Å². The van der Waals surface area contributed by atoms with E-state index in [1.54, 1.807) is 0 Å². The summed E-state index contributed by atoms with van der Waals surface area (Å²) in [7, 11) is 0. The van der Waals surface area contributed by atoms with E-state index in [4.69, 9.17) is 0 Å². The first-order valence-corrected chi connectivity index (χ1v) is 9.74. The molecule has 0 N–H and O–H groups in total. The molecule has 0 spiro atoms. The first-order chi connectivity index (χ1) is 12.5. The van der Waals surface area contributed by atoms with Crippen LogP contribution < -0.4 is 0 Å². The predicted molar refractivity (Wildman–Crippen MR) is 108 cm³/mol. The molecule has 1 aromatic carbocycles. The van der Waals surface area contributed by atoms with Gasteiger partial charge in [0, 0.05) is 30.6 Å². The smallest absolute Gasteiger partial charge is 0.136 e. The second-order valence-electron chi connectivity index (χ2n) is 8.61. The number of pyridine rings is 1. The van der Waals surface area contributed by atoms with E-state index in [1.807, 2.05) is 0 Å². The minimum Gasteiger partial charge on any atom is -0.304 e. The molecule has 0 aliphatic carbocycles. The molecule has 3 aromatic rings. The molecule has 136 valence electrons. The first-order valence-electron chi connectivity index (χ1n) is 9.74. The zero-order valence-electron chi connectivity index (χ0n) is 16.2. The summed E-state index contributed by atoms with van der Waals surface area (Å²) in [6.45, 7) is 10.2. The molecule has 1 saturated heterocycles. The molecule has 1 fully saturated rings. The number of likely N-dealkylation sites (tertiary alicyclic amines) is 1. The van der Waals surface area contributed by atoms with E-state index in [0.717, 1.165) is 25.3 Å². The van der Waals surface area contributed by atoms with Gasteiger partial charge in [0.2, 0.25) is 0 Å². The van der Waals surface area contributed by atoms with Crippen molar-refractivity contribution < 1.29 is 0 Å². The van der Waals surface area contributed by atoms with Crippen LogP contribution in [0.15, 0.2) is 54.9 Å². The number of hydrogen-bond acceptors (Lipinski definition) is 2. The lowest BCUT2D eigenvalue weighted by molar-refractivity contribution is 0.203. The van der Waals surface area contributed by atoms with Gasteiger partial charge in [-0.05, 0) is 54.6 Å². The van der Waals surface area contributed by atoms with E-state index < -0.39 is 0 Å². The molecular formula is C23H29N3. The fraction of sp³-hybridized carbons (Fsp3) is 0.435. The summed E-state index contributed by atoms with van der Waals surface area (Å²) in [6, 6.07) is 15.4. The Morgan fingerprint density at radius 2 is 1.73 bits per heavy atom. The maximum Gasteiger partial charge on any atom is 0.136 e. The predicted octanol–water partition coefficient (Wildman–Crippen LogP) is 5.01. The Morgan fingerprint density at radius 3 is 2.42 bits per heavy atom. The van der Waals surface area contributed by atoms with Crippen molar-refractivity contribution in [1.82, 2.24) is 14.3 Å². The summed E-state index contributed by atoms with van der Waals surface area (Å²) >= 11 is 0. The first kappa shape index (κ1) is 17.3.